The first-order valence-corrected chi connectivity index (χ1v) is 13.9. The SMILES string of the molecule is CCC(C)(CC(C)(C)C(=O)NCCC[N+](C)(C)CCCS(C)(=O)=O)C(=O)NCCCS. The van der Waals surface area contributed by atoms with Gasteiger partial charge in [0.05, 0.1) is 32.9 Å². The fourth-order valence-corrected chi connectivity index (χ4v) is 4.54. The average molecular weight is 481 g/mol. The van der Waals surface area contributed by atoms with Gasteiger partial charge in [0.15, 0.2) is 0 Å². The smallest absolute Gasteiger partial charge is 0.225 e. The Morgan fingerprint density at radius 3 is 1.97 bits per heavy atom. The Hall–Kier alpha value is -0.800. The maximum absolute atomic E-state index is 12.8. The third-order valence-electron chi connectivity index (χ3n) is 5.90. The molecule has 0 rings (SSSR count). The van der Waals surface area contributed by atoms with E-state index in [4.69, 9.17) is 0 Å². The van der Waals surface area contributed by atoms with E-state index < -0.39 is 20.7 Å². The van der Waals surface area contributed by atoms with Gasteiger partial charge < -0.3 is 15.1 Å². The van der Waals surface area contributed by atoms with Crippen LogP contribution in [0.3, 0.4) is 0 Å². The molecule has 0 aromatic rings. The number of hydrogen-bond donors (Lipinski definition) is 3. The zero-order valence-electron chi connectivity index (χ0n) is 20.7. The summed E-state index contributed by atoms with van der Waals surface area (Å²) in [5, 5.41) is 6.00. The predicted octanol–water partition coefficient (Wildman–Crippen LogP) is 2.27. The Labute approximate surface area is 196 Å². The van der Waals surface area contributed by atoms with Crippen molar-refractivity contribution < 1.29 is 22.5 Å². The van der Waals surface area contributed by atoms with Gasteiger partial charge in [-0.1, -0.05) is 27.7 Å². The van der Waals surface area contributed by atoms with Gasteiger partial charge in [0.2, 0.25) is 11.8 Å². The Balaban J connectivity index is 4.59. The van der Waals surface area contributed by atoms with Crippen LogP contribution >= 0.6 is 12.6 Å². The van der Waals surface area contributed by atoms with Crippen LogP contribution in [0.5, 0.6) is 0 Å². The molecule has 184 valence electrons. The van der Waals surface area contributed by atoms with E-state index in [9.17, 15) is 18.0 Å². The Morgan fingerprint density at radius 1 is 0.935 bits per heavy atom. The van der Waals surface area contributed by atoms with Crippen LogP contribution in [0.1, 0.15) is 59.8 Å². The molecular weight excluding hydrogens is 434 g/mol. The lowest BCUT2D eigenvalue weighted by Gasteiger charge is -2.35. The van der Waals surface area contributed by atoms with E-state index in [0.29, 0.717) is 32.4 Å². The highest BCUT2D eigenvalue weighted by atomic mass is 32.2. The van der Waals surface area contributed by atoms with Crippen molar-refractivity contribution in [1.29, 1.82) is 0 Å². The molecule has 0 aromatic heterocycles. The van der Waals surface area contributed by atoms with Crippen molar-refractivity contribution in [1.82, 2.24) is 10.6 Å². The number of carbonyl (C=O) groups excluding carboxylic acids is 2. The Kier molecular flexibility index (Phi) is 12.7. The minimum Gasteiger partial charge on any atom is -0.356 e. The summed E-state index contributed by atoms with van der Waals surface area (Å²) in [6, 6.07) is 0. The first-order chi connectivity index (χ1) is 14.1. The minimum absolute atomic E-state index is 0.00852. The zero-order chi connectivity index (χ0) is 24.3. The molecule has 0 saturated carbocycles. The van der Waals surface area contributed by atoms with Gasteiger partial charge in [-0.05, 0) is 25.0 Å². The molecule has 0 fully saturated rings. The molecule has 1 unspecified atom stereocenters. The summed E-state index contributed by atoms with van der Waals surface area (Å²) in [6.07, 6.45) is 4.67. The van der Waals surface area contributed by atoms with Crippen molar-refractivity contribution in [3.8, 4) is 0 Å². The lowest BCUT2D eigenvalue weighted by molar-refractivity contribution is -0.890. The van der Waals surface area contributed by atoms with E-state index >= 15 is 0 Å². The first kappa shape index (κ1) is 30.2. The molecule has 0 bridgehead atoms. The zero-order valence-corrected chi connectivity index (χ0v) is 22.4. The number of quaternary nitrogens is 1. The van der Waals surface area contributed by atoms with Gasteiger partial charge >= 0.3 is 0 Å². The van der Waals surface area contributed by atoms with E-state index in [0.717, 1.165) is 36.2 Å². The molecule has 2 amide bonds. The number of rotatable bonds is 16. The van der Waals surface area contributed by atoms with Crippen LogP contribution < -0.4 is 10.6 Å². The van der Waals surface area contributed by atoms with Gasteiger partial charge in [-0.2, -0.15) is 12.6 Å². The Bertz CT molecular complexity index is 678. The van der Waals surface area contributed by atoms with Crippen molar-refractivity contribution >= 4 is 34.3 Å². The summed E-state index contributed by atoms with van der Waals surface area (Å²) in [6.45, 7) is 10.5. The minimum atomic E-state index is -2.93. The first-order valence-electron chi connectivity index (χ1n) is 11.3. The van der Waals surface area contributed by atoms with E-state index in [1.807, 2.05) is 27.7 Å². The van der Waals surface area contributed by atoms with Gasteiger partial charge in [0.25, 0.3) is 0 Å². The highest BCUT2D eigenvalue weighted by Gasteiger charge is 2.40. The quantitative estimate of drug-likeness (QED) is 0.180. The summed E-state index contributed by atoms with van der Waals surface area (Å²) in [5.41, 5.74) is -1.26. The molecule has 0 saturated heterocycles. The van der Waals surface area contributed by atoms with Crippen LogP contribution in [0.25, 0.3) is 0 Å². The summed E-state index contributed by atoms with van der Waals surface area (Å²) < 4.78 is 23.3. The topological polar surface area (TPSA) is 92.3 Å². The number of thiol groups is 1. The highest BCUT2D eigenvalue weighted by Crippen LogP contribution is 2.37. The fraction of sp³-hybridized carbons (Fsp3) is 0.909. The predicted molar refractivity (Wildman–Crippen MR) is 132 cm³/mol. The lowest BCUT2D eigenvalue weighted by atomic mass is 9.71. The third-order valence-corrected chi connectivity index (χ3v) is 7.25. The van der Waals surface area contributed by atoms with Gasteiger partial charge in [-0.3, -0.25) is 9.59 Å². The second kappa shape index (κ2) is 13.0. The molecule has 2 N–H and O–H groups in total. The molecule has 0 aromatic carbocycles. The van der Waals surface area contributed by atoms with Crippen LogP contribution in [-0.4, -0.2) is 82.8 Å². The average Bonchev–Trinajstić information content (AvgIpc) is 2.63. The number of nitrogens with one attached hydrogen (secondary N) is 2. The molecule has 0 radical (unpaired) electrons. The highest BCUT2D eigenvalue weighted by molar-refractivity contribution is 7.90. The van der Waals surface area contributed by atoms with Crippen LogP contribution in [-0.2, 0) is 19.4 Å². The molecule has 1 atom stereocenters. The molecule has 7 nitrogen and oxygen atoms in total. The number of nitrogens with zero attached hydrogens (tertiary/aromatic N) is 1. The third kappa shape index (κ3) is 12.7. The molecule has 9 heteroatoms. The number of hydrogen-bond acceptors (Lipinski definition) is 5. The normalized spacial score (nSPS) is 14.7. The van der Waals surface area contributed by atoms with Gasteiger partial charge in [0, 0.05) is 43.0 Å². The maximum Gasteiger partial charge on any atom is 0.225 e. The maximum atomic E-state index is 12.8. The largest absolute Gasteiger partial charge is 0.356 e. The van der Waals surface area contributed by atoms with Crippen LogP contribution in [0.15, 0.2) is 0 Å². The molecule has 0 aliphatic carbocycles. The number of carbonyl (C=O) groups is 2. The molecule has 0 heterocycles. The lowest BCUT2D eigenvalue weighted by Crippen LogP contribution is -2.47. The molecule has 0 aliphatic rings. The summed E-state index contributed by atoms with van der Waals surface area (Å²) in [5.74, 6) is 0.881. The fourth-order valence-electron chi connectivity index (χ4n) is 3.73. The standard InChI is InChI=1S/C22H45N3O4S2/c1-8-22(4,20(27)24-13-10-16-30)18-21(2,3)19(26)23-12-9-14-25(5,6)15-11-17-31(7,28)29/h8-18H2,1-7H3,(H2-,23,24,26,27,30)/p+1. The van der Waals surface area contributed by atoms with E-state index in [1.54, 1.807) is 0 Å². The van der Waals surface area contributed by atoms with E-state index in [1.165, 1.54) is 6.26 Å². The summed E-state index contributed by atoms with van der Waals surface area (Å²) >= 11 is 4.17. The molecular formula is C22H46N3O4S2+. The van der Waals surface area contributed by atoms with Crippen molar-refractivity contribution in [2.24, 2.45) is 10.8 Å². The summed E-state index contributed by atoms with van der Waals surface area (Å²) in [7, 11) is 1.22. The van der Waals surface area contributed by atoms with Crippen LogP contribution in [0.2, 0.25) is 0 Å². The van der Waals surface area contributed by atoms with Crippen molar-refractivity contribution in [2.75, 3.05) is 58.0 Å². The molecule has 0 aliphatic heterocycles. The molecule has 31 heavy (non-hydrogen) atoms. The second-order valence-corrected chi connectivity index (χ2v) is 13.0. The molecule has 0 spiro atoms. The van der Waals surface area contributed by atoms with Crippen molar-refractivity contribution in [3.63, 3.8) is 0 Å². The number of amides is 2. The monoisotopic (exact) mass is 480 g/mol. The van der Waals surface area contributed by atoms with Crippen LogP contribution in [0.4, 0.5) is 0 Å². The number of sulfone groups is 1. The van der Waals surface area contributed by atoms with E-state index in [-0.39, 0.29) is 17.6 Å². The van der Waals surface area contributed by atoms with E-state index in [2.05, 4.69) is 37.4 Å². The van der Waals surface area contributed by atoms with Crippen LogP contribution in [0, 0.1) is 10.8 Å². The summed E-state index contributed by atoms with van der Waals surface area (Å²) in [4.78, 5) is 25.5. The van der Waals surface area contributed by atoms with Crippen molar-refractivity contribution in [3.05, 3.63) is 0 Å². The Morgan fingerprint density at radius 2 is 1.45 bits per heavy atom. The van der Waals surface area contributed by atoms with Gasteiger partial charge in [0.1, 0.15) is 9.84 Å². The second-order valence-electron chi connectivity index (χ2n) is 10.3. The van der Waals surface area contributed by atoms with Gasteiger partial charge in [-0.25, -0.2) is 8.42 Å². The van der Waals surface area contributed by atoms with Gasteiger partial charge in [-0.15, -0.1) is 0 Å². The van der Waals surface area contributed by atoms with Crippen molar-refractivity contribution in [2.45, 2.75) is 59.8 Å².